The molecule has 0 radical (unpaired) electrons. The predicted molar refractivity (Wildman–Crippen MR) is 122 cm³/mol. The summed E-state index contributed by atoms with van der Waals surface area (Å²) in [5.74, 6) is 0. The summed E-state index contributed by atoms with van der Waals surface area (Å²) in [6.45, 7) is 4.02. The van der Waals surface area contributed by atoms with Crippen molar-refractivity contribution in [3.05, 3.63) is 59.4 Å². The predicted octanol–water partition coefficient (Wildman–Crippen LogP) is 4.91. The molecule has 30 heavy (non-hydrogen) atoms. The summed E-state index contributed by atoms with van der Waals surface area (Å²) in [5, 5.41) is 13.3. The molecule has 0 bridgehead atoms. The molecule has 0 atom stereocenters. The average molecular weight is 413 g/mol. The quantitative estimate of drug-likeness (QED) is 0.393. The first-order valence-electron chi connectivity index (χ1n) is 10.1. The Morgan fingerprint density at radius 1 is 1.07 bits per heavy atom. The topological polar surface area (TPSA) is 82.3 Å². The van der Waals surface area contributed by atoms with E-state index in [4.69, 9.17) is 0 Å². The molecule has 0 aliphatic carbocycles. The van der Waals surface area contributed by atoms with Crippen molar-refractivity contribution in [2.75, 3.05) is 13.1 Å². The molecule has 3 N–H and O–H groups in total. The fourth-order valence-corrected chi connectivity index (χ4v) is 5.01. The fourth-order valence-electron chi connectivity index (χ4n) is 4.10. The molecule has 0 aromatic carbocycles. The van der Waals surface area contributed by atoms with Crippen LogP contribution in [0, 0.1) is 6.92 Å². The molecule has 5 aromatic rings. The highest BCUT2D eigenvalue weighted by atomic mass is 32.1. The maximum absolute atomic E-state index is 4.65. The molecule has 0 saturated heterocycles. The Kier molecular flexibility index (Phi) is 4.04. The Bertz CT molecular complexity index is 1420. The highest BCUT2D eigenvalue weighted by Crippen LogP contribution is 2.36. The van der Waals surface area contributed by atoms with Crippen molar-refractivity contribution in [1.82, 2.24) is 30.5 Å². The SMILES string of the molecule is Cc1ccc(-c2ccnc3[nH]c(-c4n[nH]c5cnc(C6=CCNCC6)cc45)cc23)s1. The number of nitrogens with zero attached hydrogens (tertiary/aromatic N) is 3. The van der Waals surface area contributed by atoms with Gasteiger partial charge < -0.3 is 10.3 Å². The van der Waals surface area contributed by atoms with Crippen LogP contribution in [0.1, 0.15) is 17.0 Å². The number of aromatic amines is 2. The van der Waals surface area contributed by atoms with Crippen molar-refractivity contribution in [3.8, 4) is 21.8 Å². The Morgan fingerprint density at radius 2 is 2.03 bits per heavy atom. The second-order valence-electron chi connectivity index (χ2n) is 7.58. The summed E-state index contributed by atoms with van der Waals surface area (Å²) < 4.78 is 0. The van der Waals surface area contributed by atoms with Gasteiger partial charge in [-0.1, -0.05) is 6.08 Å². The van der Waals surface area contributed by atoms with Crippen molar-refractivity contribution in [1.29, 1.82) is 0 Å². The summed E-state index contributed by atoms with van der Waals surface area (Å²) in [7, 11) is 0. The normalized spacial score (nSPS) is 14.5. The van der Waals surface area contributed by atoms with E-state index in [0.717, 1.165) is 58.5 Å². The number of hydrogen-bond donors (Lipinski definition) is 3. The number of H-pyrrole nitrogens is 2. The standard InChI is InChI=1S/C23H20N6S/c1-13-2-3-21(30-13)15-6-9-25-23-16(15)10-19(27-23)22-17-11-18(14-4-7-24-8-5-14)26-12-20(17)28-29-22/h2-4,6,9-12,24H,5,7-8H2,1H3,(H,25,27)(H,28,29). The van der Waals surface area contributed by atoms with Gasteiger partial charge in [-0.15, -0.1) is 11.3 Å². The van der Waals surface area contributed by atoms with Crippen molar-refractivity contribution < 1.29 is 0 Å². The highest BCUT2D eigenvalue weighted by molar-refractivity contribution is 7.15. The van der Waals surface area contributed by atoms with Gasteiger partial charge in [0, 0.05) is 38.8 Å². The van der Waals surface area contributed by atoms with E-state index in [2.05, 4.69) is 73.8 Å². The van der Waals surface area contributed by atoms with Crippen LogP contribution in [0.15, 0.2) is 48.8 Å². The van der Waals surface area contributed by atoms with Crippen LogP contribution in [0.4, 0.5) is 0 Å². The van der Waals surface area contributed by atoms with Crippen molar-refractivity contribution >= 4 is 38.8 Å². The van der Waals surface area contributed by atoms with Crippen LogP contribution in [0.2, 0.25) is 0 Å². The first kappa shape index (κ1) is 17.6. The average Bonchev–Trinajstić information content (AvgIpc) is 3.51. The number of hydrogen-bond acceptors (Lipinski definition) is 5. The van der Waals surface area contributed by atoms with Crippen LogP contribution < -0.4 is 5.32 Å². The van der Waals surface area contributed by atoms with E-state index >= 15 is 0 Å². The molecule has 0 saturated carbocycles. The molecule has 6 nitrogen and oxygen atoms in total. The lowest BCUT2D eigenvalue weighted by Gasteiger charge is -2.13. The number of rotatable bonds is 3. The first-order valence-corrected chi connectivity index (χ1v) is 10.9. The van der Waals surface area contributed by atoms with Crippen LogP contribution in [0.5, 0.6) is 0 Å². The van der Waals surface area contributed by atoms with E-state index in [1.54, 1.807) is 11.3 Å². The van der Waals surface area contributed by atoms with Crippen LogP contribution in [0.25, 0.3) is 49.3 Å². The molecule has 7 heteroatoms. The van der Waals surface area contributed by atoms with Crippen LogP contribution >= 0.6 is 11.3 Å². The largest absolute Gasteiger partial charge is 0.338 e. The van der Waals surface area contributed by atoms with Crippen LogP contribution in [-0.4, -0.2) is 38.2 Å². The minimum Gasteiger partial charge on any atom is -0.338 e. The number of pyridine rings is 2. The third-order valence-electron chi connectivity index (χ3n) is 5.63. The van der Waals surface area contributed by atoms with E-state index in [1.807, 2.05) is 12.4 Å². The summed E-state index contributed by atoms with van der Waals surface area (Å²) in [5.41, 5.74) is 7.18. The number of nitrogens with one attached hydrogen (secondary N) is 3. The maximum atomic E-state index is 4.65. The maximum Gasteiger partial charge on any atom is 0.138 e. The monoisotopic (exact) mass is 412 g/mol. The van der Waals surface area contributed by atoms with E-state index in [-0.39, 0.29) is 0 Å². The number of fused-ring (bicyclic) bond motifs is 2. The lowest BCUT2D eigenvalue weighted by atomic mass is 10.0. The Hall–Kier alpha value is -3.29. The lowest BCUT2D eigenvalue weighted by Crippen LogP contribution is -2.20. The molecular weight excluding hydrogens is 392 g/mol. The molecule has 0 amide bonds. The molecule has 6 heterocycles. The van der Waals surface area contributed by atoms with Gasteiger partial charge in [0.25, 0.3) is 0 Å². The Morgan fingerprint density at radius 3 is 2.87 bits per heavy atom. The van der Waals surface area contributed by atoms with Gasteiger partial charge in [0.1, 0.15) is 11.3 Å². The van der Waals surface area contributed by atoms with Gasteiger partial charge in [-0.3, -0.25) is 10.1 Å². The Labute approximate surface area is 177 Å². The smallest absolute Gasteiger partial charge is 0.138 e. The zero-order valence-corrected chi connectivity index (χ0v) is 17.3. The van der Waals surface area contributed by atoms with Gasteiger partial charge in [-0.25, -0.2) is 4.98 Å². The summed E-state index contributed by atoms with van der Waals surface area (Å²) >= 11 is 1.80. The third kappa shape index (κ3) is 2.86. The lowest BCUT2D eigenvalue weighted by molar-refractivity contribution is 0.737. The highest BCUT2D eigenvalue weighted by Gasteiger charge is 2.16. The van der Waals surface area contributed by atoms with Crippen LogP contribution in [-0.2, 0) is 0 Å². The second-order valence-corrected chi connectivity index (χ2v) is 8.87. The molecule has 1 aliphatic heterocycles. The number of thiophene rings is 1. The minimum absolute atomic E-state index is 0.875. The van der Waals surface area contributed by atoms with Crippen molar-refractivity contribution in [2.24, 2.45) is 0 Å². The third-order valence-corrected chi connectivity index (χ3v) is 6.67. The molecule has 148 valence electrons. The van der Waals surface area contributed by atoms with E-state index in [1.165, 1.54) is 20.9 Å². The number of aromatic nitrogens is 5. The minimum atomic E-state index is 0.875. The van der Waals surface area contributed by atoms with Gasteiger partial charge in [0.15, 0.2) is 0 Å². The summed E-state index contributed by atoms with van der Waals surface area (Å²) in [4.78, 5) is 15.2. The number of aryl methyl sites for hydroxylation is 1. The van der Waals surface area contributed by atoms with Gasteiger partial charge in [0.05, 0.1) is 23.1 Å². The van der Waals surface area contributed by atoms with Gasteiger partial charge >= 0.3 is 0 Å². The van der Waals surface area contributed by atoms with E-state index in [0.29, 0.717) is 0 Å². The Balaban J connectivity index is 1.49. The van der Waals surface area contributed by atoms with Crippen LogP contribution in [0.3, 0.4) is 0 Å². The van der Waals surface area contributed by atoms with Crippen molar-refractivity contribution in [3.63, 3.8) is 0 Å². The summed E-state index contributed by atoms with van der Waals surface area (Å²) in [6, 6.07) is 10.7. The zero-order valence-electron chi connectivity index (χ0n) is 16.5. The zero-order chi connectivity index (χ0) is 20.1. The van der Waals surface area contributed by atoms with E-state index in [9.17, 15) is 0 Å². The molecule has 0 unspecified atom stereocenters. The molecule has 0 spiro atoms. The fraction of sp³-hybridized carbons (Fsp3) is 0.174. The molecule has 6 rings (SSSR count). The van der Waals surface area contributed by atoms with Crippen molar-refractivity contribution in [2.45, 2.75) is 13.3 Å². The first-order chi connectivity index (χ1) is 14.8. The molecule has 5 aromatic heterocycles. The van der Waals surface area contributed by atoms with Gasteiger partial charge in [0.2, 0.25) is 0 Å². The van der Waals surface area contributed by atoms with Gasteiger partial charge in [-0.2, -0.15) is 5.10 Å². The molecule has 1 aliphatic rings. The molecule has 0 fully saturated rings. The van der Waals surface area contributed by atoms with E-state index < -0.39 is 0 Å². The molecular formula is C23H20N6S. The summed E-state index contributed by atoms with van der Waals surface area (Å²) in [6.07, 6.45) is 6.96. The second kappa shape index (κ2) is 6.90. The van der Waals surface area contributed by atoms with Gasteiger partial charge in [-0.05, 0) is 55.8 Å².